The van der Waals surface area contributed by atoms with Gasteiger partial charge >= 0.3 is 0 Å². The van der Waals surface area contributed by atoms with E-state index in [1.54, 1.807) is 6.92 Å². The molecule has 7 heteroatoms. The van der Waals surface area contributed by atoms with Crippen molar-refractivity contribution >= 4 is 27.3 Å². The number of nitrogen functional groups attached to an aromatic ring is 1. The molecule has 2 rings (SSSR count). The molecule has 112 valence electrons. The standard InChI is InChI=1S/C13H19ClN2O3S/c1-9(17)10-4-6-16(7-5-10)20(18,19)11-2-3-12(14)13(15)8-11/h2-3,8-10,17H,4-7,15H2,1H3. The van der Waals surface area contributed by atoms with Gasteiger partial charge in [-0.3, -0.25) is 0 Å². The number of aliphatic hydroxyl groups excluding tert-OH is 1. The zero-order valence-corrected chi connectivity index (χ0v) is 12.9. The average molecular weight is 319 g/mol. The summed E-state index contributed by atoms with van der Waals surface area (Å²) in [7, 11) is -3.54. The Bertz CT molecular complexity index is 581. The first-order valence-corrected chi connectivity index (χ1v) is 8.37. The van der Waals surface area contributed by atoms with Gasteiger partial charge in [-0.15, -0.1) is 0 Å². The van der Waals surface area contributed by atoms with Crippen LogP contribution >= 0.6 is 11.6 Å². The Morgan fingerprint density at radius 2 is 2.00 bits per heavy atom. The lowest BCUT2D eigenvalue weighted by molar-refractivity contribution is 0.0912. The van der Waals surface area contributed by atoms with Crippen LogP contribution < -0.4 is 5.73 Å². The Hall–Kier alpha value is -0.820. The predicted octanol–water partition coefficient (Wildman–Crippen LogP) is 1.70. The topological polar surface area (TPSA) is 83.6 Å². The molecule has 0 spiro atoms. The quantitative estimate of drug-likeness (QED) is 0.831. The summed E-state index contributed by atoms with van der Waals surface area (Å²) in [6.45, 7) is 2.58. The maximum Gasteiger partial charge on any atom is 0.243 e. The number of sulfonamides is 1. The van der Waals surface area contributed by atoms with Crippen LogP contribution in [0.2, 0.25) is 5.02 Å². The lowest BCUT2D eigenvalue weighted by Crippen LogP contribution is -2.40. The van der Waals surface area contributed by atoms with Crippen LogP contribution in [0.25, 0.3) is 0 Å². The first-order valence-electron chi connectivity index (χ1n) is 6.55. The molecule has 3 N–H and O–H groups in total. The fraction of sp³-hybridized carbons (Fsp3) is 0.538. The highest BCUT2D eigenvalue weighted by Crippen LogP contribution is 2.28. The molecule has 20 heavy (non-hydrogen) atoms. The number of hydrogen-bond donors (Lipinski definition) is 2. The maximum atomic E-state index is 12.5. The smallest absolute Gasteiger partial charge is 0.243 e. The summed E-state index contributed by atoms with van der Waals surface area (Å²) in [5, 5.41) is 9.90. The second kappa shape index (κ2) is 5.89. The molecule has 1 fully saturated rings. The average Bonchev–Trinajstić information content (AvgIpc) is 2.41. The van der Waals surface area contributed by atoms with Crippen LogP contribution in [0.1, 0.15) is 19.8 Å². The molecule has 1 unspecified atom stereocenters. The summed E-state index contributed by atoms with van der Waals surface area (Å²) < 4.78 is 26.4. The van der Waals surface area contributed by atoms with Gasteiger partial charge in [0.25, 0.3) is 0 Å². The van der Waals surface area contributed by atoms with Crippen molar-refractivity contribution in [2.45, 2.75) is 30.8 Å². The fourth-order valence-corrected chi connectivity index (χ4v) is 4.05. The molecule has 1 heterocycles. The van der Waals surface area contributed by atoms with Gasteiger partial charge in [0.1, 0.15) is 0 Å². The third-order valence-corrected chi connectivity index (χ3v) is 6.02. The summed E-state index contributed by atoms with van der Waals surface area (Å²) in [5.74, 6) is 0.164. The first-order chi connectivity index (χ1) is 9.32. The maximum absolute atomic E-state index is 12.5. The molecule has 0 aromatic heterocycles. The Morgan fingerprint density at radius 3 is 2.50 bits per heavy atom. The number of nitrogens with zero attached hydrogens (tertiary/aromatic N) is 1. The highest BCUT2D eigenvalue weighted by Gasteiger charge is 2.31. The van der Waals surface area contributed by atoms with E-state index >= 15 is 0 Å². The molecule has 0 radical (unpaired) electrons. The zero-order chi connectivity index (χ0) is 14.9. The first kappa shape index (κ1) is 15.6. The van der Waals surface area contributed by atoms with Crippen molar-refractivity contribution in [3.8, 4) is 0 Å². The van der Waals surface area contributed by atoms with Crippen LogP contribution in [-0.4, -0.2) is 37.0 Å². The van der Waals surface area contributed by atoms with Crippen molar-refractivity contribution in [2.24, 2.45) is 5.92 Å². The van der Waals surface area contributed by atoms with Gasteiger partial charge in [-0.1, -0.05) is 11.6 Å². The van der Waals surface area contributed by atoms with E-state index in [1.165, 1.54) is 22.5 Å². The van der Waals surface area contributed by atoms with Gasteiger partial charge in [0.2, 0.25) is 10.0 Å². The van der Waals surface area contributed by atoms with Gasteiger partial charge < -0.3 is 10.8 Å². The Balaban J connectivity index is 2.17. The molecule has 1 aliphatic rings. The number of halogens is 1. The third kappa shape index (κ3) is 3.09. The lowest BCUT2D eigenvalue weighted by atomic mass is 9.93. The molecule has 5 nitrogen and oxygen atoms in total. The van der Waals surface area contributed by atoms with Crippen LogP contribution in [0.5, 0.6) is 0 Å². The Morgan fingerprint density at radius 1 is 1.40 bits per heavy atom. The normalized spacial score (nSPS) is 19.9. The molecule has 0 saturated carbocycles. The number of anilines is 1. The summed E-state index contributed by atoms with van der Waals surface area (Å²) in [5.41, 5.74) is 5.92. The number of benzene rings is 1. The number of piperidine rings is 1. The van der Waals surface area contributed by atoms with Crippen LogP contribution in [-0.2, 0) is 10.0 Å². The predicted molar refractivity (Wildman–Crippen MR) is 79.0 cm³/mol. The summed E-state index contributed by atoms with van der Waals surface area (Å²) in [6, 6.07) is 4.35. The van der Waals surface area contributed by atoms with Crippen LogP contribution in [0, 0.1) is 5.92 Å². The van der Waals surface area contributed by atoms with Gasteiger partial charge in [-0.05, 0) is 43.9 Å². The van der Waals surface area contributed by atoms with E-state index in [9.17, 15) is 13.5 Å². The van der Waals surface area contributed by atoms with Crippen molar-refractivity contribution in [3.63, 3.8) is 0 Å². The third-order valence-electron chi connectivity index (χ3n) is 3.79. The van der Waals surface area contributed by atoms with E-state index < -0.39 is 16.1 Å². The second-order valence-corrected chi connectivity index (χ2v) is 7.51. The lowest BCUT2D eigenvalue weighted by Gasteiger charge is -2.32. The molecule has 0 amide bonds. The molecule has 1 saturated heterocycles. The van der Waals surface area contributed by atoms with Gasteiger partial charge in [-0.2, -0.15) is 4.31 Å². The highest BCUT2D eigenvalue weighted by atomic mass is 35.5. The fourth-order valence-electron chi connectivity index (χ4n) is 2.43. The number of rotatable bonds is 3. The molecule has 0 aliphatic carbocycles. The van der Waals surface area contributed by atoms with Gasteiger partial charge in [0.05, 0.1) is 21.7 Å². The minimum Gasteiger partial charge on any atom is -0.397 e. The molecule has 1 aliphatic heterocycles. The molecule has 1 aromatic carbocycles. The van der Waals surface area contributed by atoms with Crippen molar-refractivity contribution < 1.29 is 13.5 Å². The highest BCUT2D eigenvalue weighted by molar-refractivity contribution is 7.89. The summed E-state index contributed by atoms with van der Waals surface area (Å²) >= 11 is 5.81. The van der Waals surface area contributed by atoms with E-state index in [1.807, 2.05) is 0 Å². The van der Waals surface area contributed by atoms with Crippen molar-refractivity contribution in [2.75, 3.05) is 18.8 Å². The molecule has 1 atom stereocenters. The van der Waals surface area contributed by atoms with Crippen molar-refractivity contribution in [3.05, 3.63) is 23.2 Å². The zero-order valence-electron chi connectivity index (χ0n) is 11.3. The van der Waals surface area contributed by atoms with Crippen molar-refractivity contribution in [1.29, 1.82) is 0 Å². The van der Waals surface area contributed by atoms with Gasteiger partial charge in [0, 0.05) is 13.1 Å². The van der Waals surface area contributed by atoms with Gasteiger partial charge in [0.15, 0.2) is 0 Å². The number of hydrogen-bond acceptors (Lipinski definition) is 4. The molecular formula is C13H19ClN2O3S. The van der Waals surface area contributed by atoms with Crippen LogP contribution in [0.4, 0.5) is 5.69 Å². The Labute approximate surface area is 124 Å². The van der Waals surface area contributed by atoms with E-state index in [-0.39, 0.29) is 16.5 Å². The van der Waals surface area contributed by atoms with Crippen LogP contribution in [0.15, 0.2) is 23.1 Å². The van der Waals surface area contributed by atoms with Crippen LogP contribution in [0.3, 0.4) is 0 Å². The summed E-state index contributed by atoms with van der Waals surface area (Å²) in [4.78, 5) is 0.162. The summed E-state index contributed by atoms with van der Waals surface area (Å²) in [6.07, 6.45) is 0.936. The monoisotopic (exact) mass is 318 g/mol. The van der Waals surface area contributed by atoms with Crippen molar-refractivity contribution in [1.82, 2.24) is 4.31 Å². The van der Waals surface area contributed by atoms with E-state index in [0.717, 1.165) is 0 Å². The van der Waals surface area contributed by atoms with E-state index in [4.69, 9.17) is 17.3 Å². The van der Waals surface area contributed by atoms with E-state index in [2.05, 4.69) is 0 Å². The Kier molecular flexibility index (Phi) is 4.59. The van der Waals surface area contributed by atoms with Gasteiger partial charge in [-0.25, -0.2) is 8.42 Å². The number of aliphatic hydroxyl groups is 1. The number of nitrogens with two attached hydrogens (primary N) is 1. The largest absolute Gasteiger partial charge is 0.397 e. The second-order valence-electron chi connectivity index (χ2n) is 5.17. The minimum absolute atomic E-state index is 0.162. The SMILES string of the molecule is CC(O)C1CCN(S(=O)(=O)c2ccc(Cl)c(N)c2)CC1. The van der Waals surface area contributed by atoms with E-state index in [0.29, 0.717) is 31.0 Å². The molecular weight excluding hydrogens is 300 g/mol. The minimum atomic E-state index is -3.54. The molecule has 0 bridgehead atoms. The molecule has 1 aromatic rings.